The first-order chi connectivity index (χ1) is 5.24. The molecular formula is C9H16ClN. The highest BCUT2D eigenvalue weighted by Gasteiger charge is 2.29. The topological polar surface area (TPSA) is 12.0 Å². The van der Waals surface area contributed by atoms with E-state index in [1.54, 1.807) is 0 Å². The summed E-state index contributed by atoms with van der Waals surface area (Å²) in [7, 11) is 0. The zero-order chi connectivity index (χ0) is 8.27. The van der Waals surface area contributed by atoms with Crippen LogP contribution in [0, 0.1) is 5.92 Å². The van der Waals surface area contributed by atoms with Crippen LogP contribution in [0.25, 0.3) is 0 Å². The van der Waals surface area contributed by atoms with E-state index >= 15 is 0 Å². The highest BCUT2D eigenvalue weighted by Crippen LogP contribution is 2.33. The van der Waals surface area contributed by atoms with Gasteiger partial charge in [-0.3, -0.25) is 0 Å². The Morgan fingerprint density at radius 2 is 2.36 bits per heavy atom. The normalized spacial score (nSPS) is 19.8. The Morgan fingerprint density at radius 3 is 2.73 bits per heavy atom. The fourth-order valence-corrected chi connectivity index (χ4v) is 1.46. The van der Waals surface area contributed by atoms with Crippen molar-refractivity contribution in [1.82, 2.24) is 5.32 Å². The van der Waals surface area contributed by atoms with Crippen molar-refractivity contribution < 1.29 is 0 Å². The second-order valence-electron chi connectivity index (χ2n) is 3.25. The van der Waals surface area contributed by atoms with Gasteiger partial charge < -0.3 is 5.32 Å². The van der Waals surface area contributed by atoms with Gasteiger partial charge in [0.05, 0.1) is 0 Å². The summed E-state index contributed by atoms with van der Waals surface area (Å²) in [5.74, 6) is 0.913. The van der Waals surface area contributed by atoms with Gasteiger partial charge in [-0.1, -0.05) is 25.1 Å². The van der Waals surface area contributed by atoms with Crippen LogP contribution in [-0.2, 0) is 0 Å². The van der Waals surface area contributed by atoms with Gasteiger partial charge in [0, 0.05) is 17.6 Å². The highest BCUT2D eigenvalue weighted by atomic mass is 35.5. The molecule has 1 rings (SSSR count). The Labute approximate surface area is 73.8 Å². The molecule has 0 amide bonds. The van der Waals surface area contributed by atoms with Crippen molar-refractivity contribution in [3.05, 3.63) is 11.6 Å². The molecule has 1 fully saturated rings. The molecule has 0 spiro atoms. The second kappa shape index (κ2) is 4.13. The van der Waals surface area contributed by atoms with Gasteiger partial charge in [0.1, 0.15) is 0 Å². The van der Waals surface area contributed by atoms with E-state index in [9.17, 15) is 0 Å². The third-order valence-corrected chi connectivity index (χ3v) is 2.32. The van der Waals surface area contributed by atoms with Crippen LogP contribution in [0.2, 0.25) is 0 Å². The number of halogens is 1. The molecule has 1 aliphatic carbocycles. The summed E-state index contributed by atoms with van der Waals surface area (Å²) in [5.41, 5.74) is 0. The molecule has 64 valence electrons. The Hall–Kier alpha value is -0.0100. The predicted molar refractivity (Wildman–Crippen MR) is 49.8 cm³/mol. The van der Waals surface area contributed by atoms with Crippen LogP contribution in [0.4, 0.5) is 0 Å². The van der Waals surface area contributed by atoms with Gasteiger partial charge in [0.25, 0.3) is 0 Å². The monoisotopic (exact) mass is 173 g/mol. The molecule has 1 N–H and O–H groups in total. The minimum absolute atomic E-state index is 0.672. The Morgan fingerprint density at radius 1 is 1.73 bits per heavy atom. The van der Waals surface area contributed by atoms with E-state index in [1.807, 2.05) is 0 Å². The number of nitrogens with one attached hydrogen (secondary N) is 1. The third kappa shape index (κ3) is 3.26. The molecule has 0 bridgehead atoms. The molecule has 11 heavy (non-hydrogen) atoms. The van der Waals surface area contributed by atoms with Crippen molar-refractivity contribution >= 4 is 11.6 Å². The molecule has 0 aromatic carbocycles. The zero-order valence-corrected chi connectivity index (χ0v) is 7.82. The summed E-state index contributed by atoms with van der Waals surface area (Å²) in [6.45, 7) is 6.62. The molecule has 2 heteroatoms. The Balaban J connectivity index is 2.15. The van der Waals surface area contributed by atoms with Gasteiger partial charge in [-0.05, 0) is 25.2 Å². The Kier molecular flexibility index (Phi) is 3.41. The largest absolute Gasteiger partial charge is 0.309 e. The van der Waals surface area contributed by atoms with Gasteiger partial charge in [0.15, 0.2) is 0 Å². The summed E-state index contributed by atoms with van der Waals surface area (Å²) in [4.78, 5) is 0. The van der Waals surface area contributed by atoms with Crippen LogP contribution in [0.3, 0.4) is 0 Å². The zero-order valence-electron chi connectivity index (χ0n) is 7.07. The molecule has 0 aromatic rings. The first-order valence-corrected chi connectivity index (χ1v) is 4.68. The number of hydrogen-bond donors (Lipinski definition) is 1. The maximum atomic E-state index is 5.65. The van der Waals surface area contributed by atoms with E-state index in [0.717, 1.165) is 12.5 Å². The fraction of sp³-hybridized carbons (Fsp3) is 0.778. The number of hydrogen-bond acceptors (Lipinski definition) is 1. The summed E-state index contributed by atoms with van der Waals surface area (Å²) >= 11 is 5.65. The van der Waals surface area contributed by atoms with E-state index < -0.39 is 0 Å². The van der Waals surface area contributed by atoms with Gasteiger partial charge in [0.2, 0.25) is 0 Å². The lowest BCUT2D eigenvalue weighted by Gasteiger charge is -2.14. The molecule has 1 nitrogen and oxygen atoms in total. The highest BCUT2D eigenvalue weighted by molar-refractivity contribution is 6.29. The molecule has 1 atom stereocenters. The van der Waals surface area contributed by atoms with Crippen LogP contribution in [0.5, 0.6) is 0 Å². The second-order valence-corrected chi connectivity index (χ2v) is 3.78. The molecule has 0 aliphatic heterocycles. The molecule has 1 aliphatic rings. The van der Waals surface area contributed by atoms with Crippen LogP contribution < -0.4 is 5.32 Å². The van der Waals surface area contributed by atoms with E-state index in [-0.39, 0.29) is 0 Å². The van der Waals surface area contributed by atoms with Crippen molar-refractivity contribution in [1.29, 1.82) is 0 Å². The van der Waals surface area contributed by atoms with Crippen molar-refractivity contribution in [3.8, 4) is 0 Å². The summed E-state index contributed by atoms with van der Waals surface area (Å²) in [6.07, 6.45) is 3.98. The van der Waals surface area contributed by atoms with Crippen molar-refractivity contribution in [3.63, 3.8) is 0 Å². The van der Waals surface area contributed by atoms with Crippen LogP contribution >= 0.6 is 11.6 Å². The van der Waals surface area contributed by atoms with Gasteiger partial charge >= 0.3 is 0 Å². The first kappa shape index (κ1) is 9.08. The smallest absolute Gasteiger partial charge is 0.0310 e. The summed E-state index contributed by atoms with van der Waals surface area (Å²) < 4.78 is 0. The first-order valence-electron chi connectivity index (χ1n) is 4.30. The van der Waals surface area contributed by atoms with E-state index in [4.69, 9.17) is 11.6 Å². The minimum atomic E-state index is 0.672. The third-order valence-electron chi connectivity index (χ3n) is 2.19. The SMILES string of the molecule is C=C(Cl)CNC(CC)C1CC1. The maximum Gasteiger partial charge on any atom is 0.0310 e. The molecule has 0 heterocycles. The molecule has 1 unspecified atom stereocenters. The molecule has 0 saturated heterocycles. The van der Waals surface area contributed by atoms with Crippen LogP contribution in [0.15, 0.2) is 11.6 Å². The standard InChI is InChI=1S/C9H16ClN/c1-3-9(8-4-5-8)11-6-7(2)10/h8-9,11H,2-6H2,1H3. The lowest BCUT2D eigenvalue weighted by atomic mass is 10.1. The summed E-state index contributed by atoms with van der Waals surface area (Å²) in [5, 5.41) is 4.11. The Bertz CT molecular complexity index is 140. The molecular weight excluding hydrogens is 158 g/mol. The fourth-order valence-electron chi connectivity index (χ4n) is 1.38. The maximum absolute atomic E-state index is 5.65. The van der Waals surface area contributed by atoms with E-state index in [0.29, 0.717) is 11.1 Å². The van der Waals surface area contributed by atoms with Crippen molar-refractivity contribution in [2.75, 3.05) is 6.54 Å². The average molecular weight is 174 g/mol. The van der Waals surface area contributed by atoms with Gasteiger partial charge in [-0.25, -0.2) is 0 Å². The number of rotatable bonds is 5. The molecule has 1 saturated carbocycles. The van der Waals surface area contributed by atoms with Crippen LogP contribution in [0.1, 0.15) is 26.2 Å². The minimum Gasteiger partial charge on any atom is -0.309 e. The van der Waals surface area contributed by atoms with Crippen molar-refractivity contribution in [2.45, 2.75) is 32.2 Å². The van der Waals surface area contributed by atoms with Crippen LogP contribution in [-0.4, -0.2) is 12.6 Å². The van der Waals surface area contributed by atoms with Gasteiger partial charge in [-0.2, -0.15) is 0 Å². The lowest BCUT2D eigenvalue weighted by molar-refractivity contribution is 0.470. The average Bonchev–Trinajstić information content (AvgIpc) is 2.72. The predicted octanol–water partition coefficient (Wildman–Crippen LogP) is 2.52. The molecule has 0 radical (unpaired) electrons. The van der Waals surface area contributed by atoms with Crippen molar-refractivity contribution in [2.24, 2.45) is 5.92 Å². The van der Waals surface area contributed by atoms with E-state index in [2.05, 4.69) is 18.8 Å². The quantitative estimate of drug-likeness (QED) is 0.674. The lowest BCUT2D eigenvalue weighted by Crippen LogP contribution is -2.31. The van der Waals surface area contributed by atoms with Gasteiger partial charge in [-0.15, -0.1) is 0 Å². The molecule has 0 aromatic heterocycles. The van der Waals surface area contributed by atoms with E-state index in [1.165, 1.54) is 19.3 Å². The summed E-state index contributed by atoms with van der Waals surface area (Å²) in [6, 6.07) is 0.672.